The number of hydrogen-bond acceptors (Lipinski definition) is 7. The molecule has 0 aromatic heterocycles. The second-order valence-electron chi connectivity index (χ2n) is 4.91. The molecule has 1 saturated heterocycles. The number of thioether (sulfide) groups is 2. The van der Waals surface area contributed by atoms with E-state index in [2.05, 4.69) is 0 Å². The second-order valence-corrected chi connectivity index (χ2v) is 7.57. The smallest absolute Gasteiger partial charge is 0.266 e. The number of hydrogen-bond donors (Lipinski definition) is 0. The number of thiocarbonyl (C=S) groups is 1. The minimum atomic E-state index is -1.29. The van der Waals surface area contributed by atoms with Gasteiger partial charge in [-0.3, -0.25) is 9.69 Å². The maximum atomic E-state index is 12.6. The van der Waals surface area contributed by atoms with Crippen molar-refractivity contribution in [3.63, 3.8) is 0 Å². The lowest BCUT2D eigenvalue weighted by Crippen LogP contribution is -2.50. The Labute approximate surface area is 154 Å². The third-order valence-corrected chi connectivity index (χ3v) is 5.40. The quantitative estimate of drug-likeness (QED) is 0.526. The molecule has 1 aliphatic rings. The van der Waals surface area contributed by atoms with Crippen LogP contribution >= 0.6 is 35.7 Å². The summed E-state index contributed by atoms with van der Waals surface area (Å²) in [4.78, 5) is 25.6. The van der Waals surface area contributed by atoms with Crippen LogP contribution in [0.15, 0.2) is 29.2 Å². The number of amides is 1. The second kappa shape index (κ2) is 8.55. The van der Waals surface area contributed by atoms with Crippen molar-refractivity contribution in [2.24, 2.45) is 0 Å². The molecule has 0 bridgehead atoms. The van der Waals surface area contributed by atoms with Crippen molar-refractivity contribution in [3.8, 4) is 5.75 Å². The van der Waals surface area contributed by atoms with Crippen molar-refractivity contribution >= 4 is 58.0 Å². The summed E-state index contributed by atoms with van der Waals surface area (Å²) in [6.45, 7) is 0. The van der Waals surface area contributed by atoms with Gasteiger partial charge in [-0.25, -0.2) is 0 Å². The number of carbonyl (C=O) groups is 2. The Morgan fingerprint density at radius 2 is 2.21 bits per heavy atom. The third kappa shape index (κ3) is 4.12. The number of carboxylic acid groups (broad SMARTS) is 1. The molecular weight excluding hydrogens is 366 g/mol. The largest absolute Gasteiger partial charge is 0.548 e. The number of aliphatic carboxylic acids is 1. The molecule has 0 saturated carbocycles. The number of nitrogens with zero attached hydrogens (tertiary/aromatic N) is 1. The van der Waals surface area contributed by atoms with Gasteiger partial charge in [-0.15, -0.1) is 0 Å². The number of carboxylic acids is 1. The lowest BCUT2D eigenvalue weighted by molar-refractivity contribution is -0.310. The molecule has 2 rings (SSSR count). The van der Waals surface area contributed by atoms with E-state index in [0.29, 0.717) is 16.4 Å². The van der Waals surface area contributed by atoms with Crippen molar-refractivity contribution in [2.75, 3.05) is 19.1 Å². The number of benzene rings is 1. The van der Waals surface area contributed by atoms with E-state index in [1.807, 2.05) is 24.5 Å². The lowest BCUT2D eigenvalue weighted by Gasteiger charge is -2.27. The van der Waals surface area contributed by atoms with E-state index in [-0.39, 0.29) is 10.7 Å². The fourth-order valence-electron chi connectivity index (χ4n) is 2.26. The fraction of sp³-hybridized carbons (Fsp3) is 0.312. The molecule has 0 N–H and O–H groups in total. The molecule has 1 atom stereocenters. The maximum absolute atomic E-state index is 12.6. The summed E-state index contributed by atoms with van der Waals surface area (Å²) in [5.41, 5.74) is 0.731. The van der Waals surface area contributed by atoms with Gasteiger partial charge in [-0.2, -0.15) is 11.8 Å². The minimum Gasteiger partial charge on any atom is -0.548 e. The number of para-hydroxylation sites is 1. The highest BCUT2D eigenvalue weighted by Crippen LogP contribution is 2.36. The van der Waals surface area contributed by atoms with Crippen molar-refractivity contribution in [1.82, 2.24) is 4.90 Å². The Kier molecular flexibility index (Phi) is 6.70. The van der Waals surface area contributed by atoms with Crippen LogP contribution in [-0.4, -0.2) is 46.3 Å². The first kappa shape index (κ1) is 18.8. The first-order valence-corrected chi connectivity index (χ1v) is 9.71. The van der Waals surface area contributed by atoms with Crippen LogP contribution in [0.1, 0.15) is 12.0 Å². The summed E-state index contributed by atoms with van der Waals surface area (Å²) < 4.78 is 5.50. The molecule has 0 spiro atoms. The molecule has 0 radical (unpaired) electrons. The Hall–Kier alpha value is -1.51. The van der Waals surface area contributed by atoms with Crippen LogP contribution in [0.25, 0.3) is 6.08 Å². The van der Waals surface area contributed by atoms with Crippen LogP contribution in [0, 0.1) is 0 Å². The fourth-order valence-corrected chi connectivity index (χ4v) is 4.06. The van der Waals surface area contributed by atoms with E-state index in [4.69, 9.17) is 17.0 Å². The van der Waals surface area contributed by atoms with Crippen molar-refractivity contribution in [2.45, 2.75) is 12.5 Å². The highest BCUT2D eigenvalue weighted by Gasteiger charge is 2.37. The Bertz CT molecular complexity index is 690. The number of rotatable bonds is 7. The van der Waals surface area contributed by atoms with Gasteiger partial charge in [-0.05, 0) is 30.6 Å². The maximum Gasteiger partial charge on any atom is 0.266 e. The van der Waals surface area contributed by atoms with Gasteiger partial charge in [0.2, 0.25) is 0 Å². The summed E-state index contributed by atoms with van der Waals surface area (Å²) in [7, 11) is 1.55. The summed E-state index contributed by atoms with van der Waals surface area (Å²) in [5, 5.41) is 11.4. The lowest BCUT2D eigenvalue weighted by atomic mass is 10.1. The average molecular weight is 383 g/mol. The zero-order chi connectivity index (χ0) is 17.7. The molecule has 0 unspecified atom stereocenters. The Morgan fingerprint density at radius 3 is 2.83 bits per heavy atom. The van der Waals surface area contributed by atoms with E-state index in [1.165, 1.54) is 11.8 Å². The van der Waals surface area contributed by atoms with Crippen LogP contribution < -0.4 is 9.84 Å². The molecule has 1 aromatic carbocycles. The molecule has 8 heteroatoms. The molecule has 24 heavy (non-hydrogen) atoms. The standard InChI is InChI=1S/C16H17NO4S3/c1-21-12-6-4-3-5-10(12)9-13-14(18)17(16(22)24-13)11(15(19)20)7-8-23-2/h3-6,9,11H,7-8H2,1-2H3,(H,19,20)/p-1/b13-9-/t11-/m0/s1. The van der Waals surface area contributed by atoms with E-state index in [1.54, 1.807) is 19.3 Å². The van der Waals surface area contributed by atoms with Gasteiger partial charge >= 0.3 is 0 Å². The highest BCUT2D eigenvalue weighted by molar-refractivity contribution is 8.26. The molecule has 1 fully saturated rings. The molecule has 1 aliphatic heterocycles. The topological polar surface area (TPSA) is 69.7 Å². The minimum absolute atomic E-state index is 0.233. The van der Waals surface area contributed by atoms with Crippen LogP contribution in [-0.2, 0) is 9.59 Å². The first-order chi connectivity index (χ1) is 11.5. The van der Waals surface area contributed by atoms with Crippen LogP contribution in [0.3, 0.4) is 0 Å². The van der Waals surface area contributed by atoms with Gasteiger partial charge in [0.05, 0.1) is 24.0 Å². The highest BCUT2D eigenvalue weighted by atomic mass is 32.2. The first-order valence-electron chi connectivity index (χ1n) is 7.09. The number of ether oxygens (including phenoxy) is 1. The zero-order valence-corrected chi connectivity index (χ0v) is 15.6. The third-order valence-electron chi connectivity index (χ3n) is 3.43. The SMILES string of the molecule is COc1ccccc1/C=C1\SC(=S)N([C@@H](CCSC)C(=O)[O-])C1=O. The van der Waals surface area contributed by atoms with E-state index in [0.717, 1.165) is 22.2 Å². The molecule has 5 nitrogen and oxygen atoms in total. The van der Waals surface area contributed by atoms with Gasteiger partial charge < -0.3 is 14.6 Å². The van der Waals surface area contributed by atoms with Gasteiger partial charge in [0.1, 0.15) is 10.1 Å². The summed E-state index contributed by atoms with van der Waals surface area (Å²) >= 11 is 7.81. The summed E-state index contributed by atoms with van der Waals surface area (Å²) in [6, 6.07) is 6.21. The number of methoxy groups -OCH3 is 1. The van der Waals surface area contributed by atoms with Gasteiger partial charge in [0.15, 0.2) is 0 Å². The Morgan fingerprint density at radius 1 is 1.50 bits per heavy atom. The van der Waals surface area contributed by atoms with Crippen molar-refractivity contribution in [3.05, 3.63) is 34.7 Å². The van der Waals surface area contributed by atoms with Gasteiger partial charge in [-0.1, -0.05) is 42.2 Å². The van der Waals surface area contributed by atoms with Crippen LogP contribution in [0.4, 0.5) is 0 Å². The van der Waals surface area contributed by atoms with Crippen LogP contribution in [0.5, 0.6) is 5.75 Å². The van der Waals surface area contributed by atoms with Crippen molar-refractivity contribution in [1.29, 1.82) is 0 Å². The molecule has 1 aromatic rings. The molecule has 128 valence electrons. The van der Waals surface area contributed by atoms with Crippen molar-refractivity contribution < 1.29 is 19.4 Å². The van der Waals surface area contributed by atoms with E-state index >= 15 is 0 Å². The monoisotopic (exact) mass is 382 g/mol. The predicted molar refractivity (Wildman–Crippen MR) is 99.8 cm³/mol. The normalized spacial score (nSPS) is 17.4. The van der Waals surface area contributed by atoms with Crippen LogP contribution in [0.2, 0.25) is 0 Å². The summed E-state index contributed by atoms with van der Waals surface area (Å²) in [5.74, 6) is -0.479. The molecule has 1 heterocycles. The average Bonchev–Trinajstić information content (AvgIpc) is 2.83. The van der Waals surface area contributed by atoms with Gasteiger partial charge in [0, 0.05) is 5.56 Å². The van der Waals surface area contributed by atoms with E-state index < -0.39 is 17.9 Å². The molecular formula is C16H16NO4S3-. The number of carbonyl (C=O) groups excluding carboxylic acids is 2. The summed E-state index contributed by atoms with van der Waals surface area (Å²) in [6.07, 6.45) is 3.83. The Balaban J connectivity index is 2.30. The van der Waals surface area contributed by atoms with Gasteiger partial charge in [0.25, 0.3) is 5.91 Å². The zero-order valence-electron chi connectivity index (χ0n) is 13.2. The van der Waals surface area contributed by atoms with E-state index in [9.17, 15) is 14.7 Å². The molecule has 1 amide bonds. The predicted octanol–water partition coefficient (Wildman–Crippen LogP) is 1.77. The molecule has 0 aliphatic carbocycles.